The highest BCUT2D eigenvalue weighted by molar-refractivity contribution is 14.0. The molecule has 0 amide bonds. The molecule has 0 bridgehead atoms. The van der Waals surface area contributed by atoms with Crippen LogP contribution in [-0.4, -0.2) is 38.8 Å². The Kier molecular flexibility index (Phi) is 7.81. The Labute approximate surface area is 176 Å². The zero-order valence-corrected chi connectivity index (χ0v) is 19.0. The molecule has 1 atom stereocenters. The molecule has 7 nitrogen and oxygen atoms in total. The highest BCUT2D eigenvalue weighted by atomic mass is 127. The van der Waals surface area contributed by atoms with Crippen molar-refractivity contribution in [2.24, 2.45) is 4.99 Å². The van der Waals surface area contributed by atoms with Gasteiger partial charge in [-0.05, 0) is 40.5 Å². The number of aliphatic imine (C=N–C) groups is 1. The van der Waals surface area contributed by atoms with E-state index in [0.29, 0.717) is 0 Å². The lowest BCUT2D eigenvalue weighted by atomic mass is 10.1. The second-order valence-corrected chi connectivity index (χ2v) is 7.62. The lowest BCUT2D eigenvalue weighted by Crippen LogP contribution is -2.41. The lowest BCUT2D eigenvalue weighted by molar-refractivity contribution is 0.397. The third-order valence-corrected chi connectivity index (χ3v) is 5.38. The largest absolute Gasteiger partial charge is 0.357 e. The summed E-state index contributed by atoms with van der Waals surface area (Å²) in [5.41, 5.74) is 1.13. The third-order valence-electron chi connectivity index (χ3n) is 4.24. The Balaban J connectivity index is 0.00000243. The van der Waals surface area contributed by atoms with Gasteiger partial charge in [-0.15, -0.1) is 35.3 Å². The Bertz CT molecular complexity index is 752. The standard InChI is InChI=1S/C17H27N7S.HI/c1-5-18-17(19-9-8-15-11(2)20-13(4)25-15)22-14-7-6-10-24-16(14)21-12(3)23-24;/h14H,5-10H2,1-4H3,(H2,18,19,22);1H. The minimum atomic E-state index is 0. The van der Waals surface area contributed by atoms with Crippen molar-refractivity contribution in [1.82, 2.24) is 30.4 Å². The molecule has 2 aromatic heterocycles. The Morgan fingerprint density at radius 2 is 2.12 bits per heavy atom. The number of halogens is 1. The maximum absolute atomic E-state index is 4.75. The molecule has 9 heteroatoms. The molecule has 1 aliphatic heterocycles. The monoisotopic (exact) mass is 489 g/mol. The maximum atomic E-state index is 4.75. The first kappa shape index (κ1) is 21.1. The molecule has 2 N–H and O–H groups in total. The van der Waals surface area contributed by atoms with Crippen molar-refractivity contribution >= 4 is 41.3 Å². The summed E-state index contributed by atoms with van der Waals surface area (Å²) >= 11 is 1.77. The van der Waals surface area contributed by atoms with E-state index in [0.717, 1.165) is 67.2 Å². The molecule has 3 rings (SSSR count). The molecule has 2 aromatic rings. The van der Waals surface area contributed by atoms with E-state index >= 15 is 0 Å². The van der Waals surface area contributed by atoms with Crippen LogP contribution in [0.1, 0.15) is 53.0 Å². The predicted octanol–water partition coefficient (Wildman–Crippen LogP) is 2.91. The van der Waals surface area contributed by atoms with Crippen LogP contribution in [0.25, 0.3) is 0 Å². The van der Waals surface area contributed by atoms with Gasteiger partial charge in [0.1, 0.15) is 11.6 Å². The van der Waals surface area contributed by atoms with Gasteiger partial charge >= 0.3 is 0 Å². The predicted molar refractivity (Wildman–Crippen MR) is 117 cm³/mol. The normalized spacial score (nSPS) is 16.8. The summed E-state index contributed by atoms with van der Waals surface area (Å²) in [7, 11) is 0. The second kappa shape index (κ2) is 9.63. The number of hydrogen-bond acceptors (Lipinski definition) is 5. The van der Waals surface area contributed by atoms with Crippen molar-refractivity contribution in [3.8, 4) is 0 Å². The molecule has 3 heterocycles. The van der Waals surface area contributed by atoms with Gasteiger partial charge in [0.2, 0.25) is 0 Å². The molecule has 0 aliphatic carbocycles. The van der Waals surface area contributed by atoms with E-state index < -0.39 is 0 Å². The molecular weight excluding hydrogens is 461 g/mol. The van der Waals surface area contributed by atoms with Gasteiger partial charge in [-0.2, -0.15) is 5.10 Å². The number of fused-ring (bicyclic) bond motifs is 1. The Morgan fingerprint density at radius 3 is 2.81 bits per heavy atom. The average molecular weight is 489 g/mol. The van der Waals surface area contributed by atoms with Crippen LogP contribution in [0.15, 0.2) is 4.99 Å². The molecule has 0 saturated carbocycles. The summed E-state index contributed by atoms with van der Waals surface area (Å²) in [6, 6.07) is 0.167. The molecule has 1 unspecified atom stereocenters. The summed E-state index contributed by atoms with van der Waals surface area (Å²) in [4.78, 5) is 15.1. The van der Waals surface area contributed by atoms with Crippen molar-refractivity contribution in [3.63, 3.8) is 0 Å². The van der Waals surface area contributed by atoms with Gasteiger partial charge in [-0.3, -0.25) is 4.99 Å². The number of guanidine groups is 1. The number of nitrogens with zero attached hydrogens (tertiary/aromatic N) is 5. The summed E-state index contributed by atoms with van der Waals surface area (Å²) in [5.74, 6) is 2.70. The van der Waals surface area contributed by atoms with Gasteiger partial charge < -0.3 is 10.6 Å². The summed E-state index contributed by atoms with van der Waals surface area (Å²) in [6.45, 7) is 10.7. The fraction of sp³-hybridized carbons (Fsp3) is 0.647. The molecule has 1 aliphatic rings. The van der Waals surface area contributed by atoms with Gasteiger partial charge in [0.05, 0.1) is 16.7 Å². The number of thiazole rings is 1. The number of aryl methyl sites for hydroxylation is 4. The summed E-state index contributed by atoms with van der Waals surface area (Å²) in [6.07, 6.45) is 3.08. The van der Waals surface area contributed by atoms with Crippen molar-refractivity contribution in [1.29, 1.82) is 0 Å². The van der Waals surface area contributed by atoms with Crippen LogP contribution in [0.2, 0.25) is 0 Å². The first-order valence-corrected chi connectivity index (χ1v) is 9.77. The number of aromatic nitrogens is 4. The minimum Gasteiger partial charge on any atom is -0.357 e. The average Bonchev–Trinajstić information content (AvgIpc) is 3.09. The van der Waals surface area contributed by atoms with Crippen molar-refractivity contribution in [3.05, 3.63) is 27.2 Å². The highest BCUT2D eigenvalue weighted by Crippen LogP contribution is 2.23. The highest BCUT2D eigenvalue weighted by Gasteiger charge is 2.24. The Hall–Kier alpha value is -1.23. The van der Waals surface area contributed by atoms with E-state index in [9.17, 15) is 0 Å². The van der Waals surface area contributed by atoms with Crippen molar-refractivity contribution in [2.75, 3.05) is 13.1 Å². The second-order valence-electron chi connectivity index (χ2n) is 6.33. The van der Waals surface area contributed by atoms with Crippen LogP contribution in [-0.2, 0) is 13.0 Å². The SMILES string of the molecule is CCNC(=NCCc1sc(C)nc1C)NC1CCCn2nc(C)nc21.I. The van der Waals surface area contributed by atoms with Gasteiger partial charge in [-0.1, -0.05) is 0 Å². The third kappa shape index (κ3) is 5.15. The fourth-order valence-corrected chi connectivity index (χ4v) is 4.09. The first-order chi connectivity index (χ1) is 12.1. The number of rotatable bonds is 5. The first-order valence-electron chi connectivity index (χ1n) is 8.96. The van der Waals surface area contributed by atoms with Crippen LogP contribution in [0.3, 0.4) is 0 Å². The van der Waals surface area contributed by atoms with E-state index in [4.69, 9.17) is 4.99 Å². The van der Waals surface area contributed by atoms with Crippen molar-refractivity contribution < 1.29 is 0 Å². The van der Waals surface area contributed by atoms with Crippen LogP contribution in [0.4, 0.5) is 0 Å². The Morgan fingerprint density at radius 1 is 1.31 bits per heavy atom. The summed E-state index contributed by atoms with van der Waals surface area (Å²) in [5, 5.41) is 12.5. The number of hydrogen-bond donors (Lipinski definition) is 2. The van der Waals surface area contributed by atoms with Gasteiger partial charge in [0, 0.05) is 30.9 Å². The molecule has 0 saturated heterocycles. The lowest BCUT2D eigenvalue weighted by Gasteiger charge is -2.25. The number of nitrogens with one attached hydrogen (secondary N) is 2. The molecule has 144 valence electrons. The minimum absolute atomic E-state index is 0. The maximum Gasteiger partial charge on any atom is 0.191 e. The van der Waals surface area contributed by atoms with E-state index in [1.165, 1.54) is 4.88 Å². The fourth-order valence-electron chi connectivity index (χ4n) is 3.16. The van der Waals surface area contributed by atoms with E-state index in [1.54, 1.807) is 11.3 Å². The van der Waals surface area contributed by atoms with Gasteiger partial charge in [0.25, 0.3) is 0 Å². The van der Waals surface area contributed by atoms with Crippen LogP contribution in [0, 0.1) is 20.8 Å². The van der Waals surface area contributed by atoms with E-state index in [2.05, 4.69) is 46.5 Å². The smallest absolute Gasteiger partial charge is 0.191 e. The van der Waals surface area contributed by atoms with Crippen molar-refractivity contribution in [2.45, 2.75) is 59.5 Å². The van der Waals surface area contributed by atoms with Crippen LogP contribution in [0.5, 0.6) is 0 Å². The topological polar surface area (TPSA) is 80.0 Å². The van der Waals surface area contributed by atoms with Crippen LogP contribution < -0.4 is 10.6 Å². The molecular formula is C17H28IN7S. The molecule has 0 fully saturated rings. The van der Waals surface area contributed by atoms with Crippen LogP contribution >= 0.6 is 35.3 Å². The van der Waals surface area contributed by atoms with Gasteiger partial charge in [0.15, 0.2) is 5.96 Å². The van der Waals surface area contributed by atoms with Gasteiger partial charge in [-0.25, -0.2) is 14.6 Å². The van der Waals surface area contributed by atoms with E-state index in [-0.39, 0.29) is 30.0 Å². The molecule has 0 radical (unpaired) electrons. The molecule has 0 aromatic carbocycles. The zero-order chi connectivity index (χ0) is 17.8. The summed E-state index contributed by atoms with van der Waals surface area (Å²) < 4.78 is 2.02. The quantitative estimate of drug-likeness (QED) is 0.384. The molecule has 0 spiro atoms. The van der Waals surface area contributed by atoms with E-state index in [1.807, 2.05) is 11.6 Å². The molecule has 26 heavy (non-hydrogen) atoms. The zero-order valence-electron chi connectivity index (χ0n) is 15.9.